The van der Waals surface area contributed by atoms with Crippen LogP contribution in [0.5, 0.6) is 0 Å². The van der Waals surface area contributed by atoms with Crippen LogP contribution in [0.2, 0.25) is 0 Å². The number of allylic oxidation sites excluding steroid dienone is 4. The highest BCUT2D eigenvalue weighted by molar-refractivity contribution is 6.32. The molecule has 3 heteroatoms. The minimum Gasteiger partial charge on any atom is -0.290 e. The van der Waals surface area contributed by atoms with Crippen molar-refractivity contribution in [3.05, 3.63) is 23.8 Å². The Hall–Kier alpha value is -0.270. The summed E-state index contributed by atoms with van der Waals surface area (Å²) in [6, 6.07) is 0. The second-order valence-corrected chi connectivity index (χ2v) is 4.58. The number of alkyl halides is 2. The van der Waals surface area contributed by atoms with Gasteiger partial charge in [0, 0.05) is 16.9 Å². The van der Waals surface area contributed by atoms with E-state index in [1.807, 2.05) is 26.0 Å². The Morgan fingerprint density at radius 2 is 2.15 bits per heavy atom. The van der Waals surface area contributed by atoms with Gasteiger partial charge in [-0.3, -0.25) is 4.79 Å². The highest BCUT2D eigenvalue weighted by atomic mass is 35.5. The zero-order valence-corrected chi connectivity index (χ0v) is 9.19. The quantitative estimate of drug-likeness (QED) is 0.652. The Labute approximate surface area is 88.4 Å². The van der Waals surface area contributed by atoms with Gasteiger partial charge in [0.25, 0.3) is 0 Å². The molecule has 0 aliphatic heterocycles. The van der Waals surface area contributed by atoms with Crippen LogP contribution in [0.4, 0.5) is 0 Å². The predicted molar refractivity (Wildman–Crippen MR) is 56.4 cm³/mol. The van der Waals surface area contributed by atoms with Gasteiger partial charge in [-0.2, -0.15) is 0 Å². The SMILES string of the molecule is CC1(C)C=CC(=O)C(C(Cl)CCl)=C1. The van der Waals surface area contributed by atoms with Crippen molar-refractivity contribution >= 4 is 29.0 Å². The first-order valence-electron chi connectivity index (χ1n) is 4.12. The average molecular weight is 219 g/mol. The van der Waals surface area contributed by atoms with E-state index in [1.165, 1.54) is 0 Å². The van der Waals surface area contributed by atoms with Crippen molar-refractivity contribution in [3.8, 4) is 0 Å². The van der Waals surface area contributed by atoms with Gasteiger partial charge in [0.05, 0.1) is 5.38 Å². The van der Waals surface area contributed by atoms with Gasteiger partial charge in [-0.25, -0.2) is 0 Å². The van der Waals surface area contributed by atoms with Gasteiger partial charge in [-0.1, -0.05) is 26.0 Å². The summed E-state index contributed by atoms with van der Waals surface area (Å²) in [7, 11) is 0. The first-order chi connectivity index (χ1) is 5.96. The number of rotatable bonds is 2. The molecule has 0 bridgehead atoms. The summed E-state index contributed by atoms with van der Waals surface area (Å²) in [5.74, 6) is 0.239. The molecule has 0 saturated carbocycles. The molecule has 1 aliphatic rings. The highest BCUT2D eigenvalue weighted by Crippen LogP contribution is 2.28. The second kappa shape index (κ2) is 3.85. The number of carbonyl (C=O) groups is 1. The zero-order valence-electron chi connectivity index (χ0n) is 7.68. The summed E-state index contributed by atoms with van der Waals surface area (Å²) in [5, 5.41) is -0.376. The van der Waals surface area contributed by atoms with E-state index >= 15 is 0 Å². The molecule has 0 spiro atoms. The smallest absolute Gasteiger partial charge is 0.182 e. The van der Waals surface area contributed by atoms with Gasteiger partial charge < -0.3 is 0 Å². The molecule has 1 atom stereocenters. The normalized spacial score (nSPS) is 22.8. The third kappa shape index (κ3) is 2.58. The summed E-state index contributed by atoms with van der Waals surface area (Å²) in [6.45, 7) is 4.04. The Kier molecular flexibility index (Phi) is 3.20. The molecule has 0 aromatic heterocycles. The van der Waals surface area contributed by atoms with Gasteiger partial charge in [-0.15, -0.1) is 23.2 Å². The third-order valence-corrected chi connectivity index (χ3v) is 2.81. The van der Waals surface area contributed by atoms with Crippen LogP contribution >= 0.6 is 23.2 Å². The van der Waals surface area contributed by atoms with Crippen molar-refractivity contribution in [1.82, 2.24) is 0 Å². The fourth-order valence-corrected chi connectivity index (χ4v) is 1.57. The molecule has 0 radical (unpaired) electrons. The molecule has 1 nitrogen and oxygen atoms in total. The Morgan fingerprint density at radius 3 is 2.69 bits per heavy atom. The maximum atomic E-state index is 11.4. The number of ketones is 1. The van der Waals surface area contributed by atoms with Crippen LogP contribution in [0.1, 0.15) is 13.8 Å². The standard InChI is InChI=1S/C10H12Cl2O/c1-10(2)4-3-9(13)7(5-10)8(12)6-11/h3-5,8H,6H2,1-2H3. The molecule has 0 fully saturated rings. The van der Waals surface area contributed by atoms with Gasteiger partial charge >= 0.3 is 0 Å². The molecule has 0 N–H and O–H groups in total. The van der Waals surface area contributed by atoms with Crippen molar-refractivity contribution in [2.75, 3.05) is 5.88 Å². The Balaban J connectivity index is 2.95. The topological polar surface area (TPSA) is 17.1 Å². The van der Waals surface area contributed by atoms with E-state index in [4.69, 9.17) is 23.2 Å². The van der Waals surface area contributed by atoms with Gasteiger partial charge in [0.15, 0.2) is 5.78 Å². The average Bonchev–Trinajstić information content (AvgIpc) is 2.08. The van der Waals surface area contributed by atoms with Crippen LogP contribution in [0, 0.1) is 5.41 Å². The van der Waals surface area contributed by atoms with E-state index in [1.54, 1.807) is 6.08 Å². The van der Waals surface area contributed by atoms with E-state index < -0.39 is 0 Å². The predicted octanol–water partition coefficient (Wildman–Crippen LogP) is 2.92. The van der Waals surface area contributed by atoms with Gasteiger partial charge in [0.2, 0.25) is 0 Å². The molecule has 0 aromatic carbocycles. The minimum absolute atomic E-state index is 0.0278. The molecule has 0 aromatic rings. The molecule has 1 unspecified atom stereocenters. The van der Waals surface area contributed by atoms with E-state index in [-0.39, 0.29) is 22.5 Å². The molecule has 0 heterocycles. The number of carbonyl (C=O) groups excluding carboxylic acids is 1. The molecule has 1 aliphatic carbocycles. The van der Waals surface area contributed by atoms with Crippen LogP contribution in [0.25, 0.3) is 0 Å². The lowest BCUT2D eigenvalue weighted by atomic mass is 9.84. The third-order valence-electron chi connectivity index (χ3n) is 1.95. The lowest BCUT2D eigenvalue weighted by Gasteiger charge is -2.22. The van der Waals surface area contributed by atoms with Crippen molar-refractivity contribution in [2.45, 2.75) is 19.2 Å². The molecule has 72 valence electrons. The van der Waals surface area contributed by atoms with Crippen LogP contribution in [0.3, 0.4) is 0 Å². The van der Waals surface area contributed by atoms with Crippen molar-refractivity contribution in [2.24, 2.45) is 5.41 Å². The fraction of sp³-hybridized carbons (Fsp3) is 0.500. The van der Waals surface area contributed by atoms with E-state index in [9.17, 15) is 4.79 Å². The Morgan fingerprint density at radius 1 is 1.54 bits per heavy atom. The maximum Gasteiger partial charge on any atom is 0.182 e. The first kappa shape index (κ1) is 10.8. The fourth-order valence-electron chi connectivity index (χ4n) is 1.23. The van der Waals surface area contributed by atoms with Crippen molar-refractivity contribution in [3.63, 3.8) is 0 Å². The Bertz CT molecular complexity index is 277. The largest absolute Gasteiger partial charge is 0.290 e. The lowest BCUT2D eigenvalue weighted by molar-refractivity contribution is -0.111. The number of hydrogen-bond donors (Lipinski definition) is 0. The number of halogens is 2. The minimum atomic E-state index is -0.376. The van der Waals surface area contributed by atoms with E-state index in [2.05, 4.69) is 0 Å². The van der Waals surface area contributed by atoms with Gasteiger partial charge in [-0.05, 0) is 6.08 Å². The van der Waals surface area contributed by atoms with E-state index in [0.717, 1.165) is 0 Å². The molecule has 0 saturated heterocycles. The van der Waals surface area contributed by atoms with Crippen LogP contribution in [0.15, 0.2) is 23.8 Å². The molecule has 0 amide bonds. The monoisotopic (exact) mass is 218 g/mol. The highest BCUT2D eigenvalue weighted by Gasteiger charge is 2.24. The van der Waals surface area contributed by atoms with Gasteiger partial charge in [0.1, 0.15) is 0 Å². The summed E-state index contributed by atoms with van der Waals surface area (Å²) in [5.41, 5.74) is 0.520. The van der Waals surface area contributed by atoms with E-state index in [0.29, 0.717) is 5.57 Å². The van der Waals surface area contributed by atoms with Crippen LogP contribution < -0.4 is 0 Å². The first-order valence-corrected chi connectivity index (χ1v) is 5.10. The van der Waals surface area contributed by atoms with Crippen LogP contribution in [-0.2, 0) is 4.79 Å². The molecular formula is C10H12Cl2O. The second-order valence-electron chi connectivity index (χ2n) is 3.74. The summed E-state index contributed by atoms with van der Waals surface area (Å²) < 4.78 is 0. The molecular weight excluding hydrogens is 207 g/mol. The maximum absolute atomic E-state index is 11.4. The van der Waals surface area contributed by atoms with Crippen molar-refractivity contribution in [1.29, 1.82) is 0 Å². The van der Waals surface area contributed by atoms with Crippen molar-refractivity contribution < 1.29 is 4.79 Å². The number of hydrogen-bond acceptors (Lipinski definition) is 1. The lowest BCUT2D eigenvalue weighted by Crippen LogP contribution is -2.20. The summed E-state index contributed by atoms with van der Waals surface area (Å²) in [6.07, 6.45) is 5.32. The van der Waals surface area contributed by atoms with Crippen LogP contribution in [-0.4, -0.2) is 17.0 Å². The molecule has 13 heavy (non-hydrogen) atoms. The summed E-state index contributed by atoms with van der Waals surface area (Å²) >= 11 is 11.5. The molecule has 1 rings (SSSR count). The zero-order chi connectivity index (χ0) is 10.1. The summed E-state index contributed by atoms with van der Waals surface area (Å²) in [4.78, 5) is 11.4.